The average Bonchev–Trinajstić information content (AvgIpc) is 3.07. The molecule has 2 aliphatic heterocycles. The average molecular weight is 491 g/mol. The molecule has 190 valence electrons. The normalized spacial score (nSPS) is 47.8. The van der Waals surface area contributed by atoms with Crippen LogP contribution in [0.25, 0.3) is 0 Å². The standard InChI is InChI=1S/C24H39ClO8/c1-12(2)15-9-18(31-13(3)26)24(30,11-25)20-16-10-22(5,29)17(28)7-8-23(6,33-14(4)27)21(32-16)19(15)20/h12,15-21,28-30H,7-11H2,1-6H3/t15-,16-,17+,18+,19-,20-,21-,22+,23-,24+/m1/s1. The number of aliphatic hydroxyl groups is 3. The van der Waals surface area contributed by atoms with Gasteiger partial charge in [-0.1, -0.05) is 13.8 Å². The predicted octanol–water partition coefficient (Wildman–Crippen LogP) is 2.18. The van der Waals surface area contributed by atoms with Crippen molar-refractivity contribution >= 4 is 23.5 Å². The lowest BCUT2D eigenvalue weighted by Gasteiger charge is -2.53. The summed E-state index contributed by atoms with van der Waals surface area (Å²) in [4.78, 5) is 24.0. The molecule has 3 aliphatic rings. The number of alkyl halides is 1. The number of rotatable bonds is 4. The third-order valence-corrected chi connectivity index (χ3v) is 8.63. The molecule has 2 bridgehead atoms. The van der Waals surface area contributed by atoms with Crippen molar-refractivity contribution in [1.29, 1.82) is 0 Å². The highest BCUT2D eigenvalue weighted by Crippen LogP contribution is 2.58. The lowest BCUT2D eigenvalue weighted by Crippen LogP contribution is -2.64. The van der Waals surface area contributed by atoms with Crippen molar-refractivity contribution in [3.05, 3.63) is 0 Å². The molecular weight excluding hydrogens is 452 g/mol. The van der Waals surface area contributed by atoms with Crippen LogP contribution in [0, 0.1) is 23.7 Å². The van der Waals surface area contributed by atoms with Gasteiger partial charge in [0, 0.05) is 32.1 Å². The van der Waals surface area contributed by atoms with E-state index in [2.05, 4.69) is 13.8 Å². The Bertz CT molecular complexity index is 757. The quantitative estimate of drug-likeness (QED) is 0.405. The number of hydrogen-bond donors (Lipinski definition) is 3. The molecule has 2 saturated heterocycles. The molecule has 0 unspecified atom stereocenters. The number of carbonyl (C=O) groups excluding carboxylic acids is 2. The minimum absolute atomic E-state index is 0.0259. The summed E-state index contributed by atoms with van der Waals surface area (Å²) in [6.45, 7) is 10.1. The van der Waals surface area contributed by atoms with E-state index in [4.69, 9.17) is 25.8 Å². The van der Waals surface area contributed by atoms with E-state index in [1.54, 1.807) is 13.8 Å². The molecule has 3 N–H and O–H groups in total. The molecule has 0 aromatic heterocycles. The van der Waals surface area contributed by atoms with Crippen molar-refractivity contribution < 1.29 is 39.1 Å². The van der Waals surface area contributed by atoms with Crippen LogP contribution in [0.5, 0.6) is 0 Å². The maximum absolute atomic E-state index is 12.1. The number of fused-ring (bicyclic) bond motifs is 5. The van der Waals surface area contributed by atoms with E-state index < -0.39 is 59.1 Å². The number of hydrogen-bond acceptors (Lipinski definition) is 8. The second-order valence-electron chi connectivity index (χ2n) is 11.1. The fourth-order valence-electron chi connectivity index (χ4n) is 6.59. The second-order valence-corrected chi connectivity index (χ2v) is 11.4. The van der Waals surface area contributed by atoms with Gasteiger partial charge >= 0.3 is 11.9 Å². The summed E-state index contributed by atoms with van der Waals surface area (Å²) in [6, 6.07) is 0. The summed E-state index contributed by atoms with van der Waals surface area (Å²) in [5, 5.41) is 33.8. The van der Waals surface area contributed by atoms with Crippen LogP contribution in [0.2, 0.25) is 0 Å². The maximum Gasteiger partial charge on any atom is 0.303 e. The SMILES string of the molecule is CC(=O)O[C@H]1C[C@H](C(C)C)[C@@H]2[C@@H]([C@H]3C[C@](C)(O)[C@@H](O)CC[C@@](C)(OC(C)=O)[C@@H]2O3)[C@]1(O)CCl. The van der Waals surface area contributed by atoms with Gasteiger partial charge in [0.1, 0.15) is 23.4 Å². The van der Waals surface area contributed by atoms with E-state index in [1.807, 2.05) is 0 Å². The highest BCUT2D eigenvalue weighted by atomic mass is 35.5. The molecular formula is C24H39ClO8. The largest absolute Gasteiger partial charge is 0.459 e. The minimum atomic E-state index is -1.61. The zero-order chi connectivity index (χ0) is 24.9. The molecule has 0 amide bonds. The van der Waals surface area contributed by atoms with Gasteiger partial charge in [-0.3, -0.25) is 9.59 Å². The first-order chi connectivity index (χ1) is 15.2. The second kappa shape index (κ2) is 9.26. The van der Waals surface area contributed by atoms with E-state index >= 15 is 0 Å². The van der Waals surface area contributed by atoms with Crippen LogP contribution in [0.15, 0.2) is 0 Å². The highest BCUT2D eigenvalue weighted by Gasteiger charge is 2.68. The number of halogens is 1. The minimum Gasteiger partial charge on any atom is -0.459 e. The first kappa shape index (κ1) is 26.7. The molecule has 3 rings (SSSR count). The fraction of sp³-hybridized carbons (Fsp3) is 0.917. The zero-order valence-corrected chi connectivity index (χ0v) is 21.2. The Morgan fingerprint density at radius 2 is 1.82 bits per heavy atom. The van der Waals surface area contributed by atoms with Crippen molar-refractivity contribution in [3.63, 3.8) is 0 Å². The van der Waals surface area contributed by atoms with Crippen LogP contribution in [-0.2, 0) is 23.8 Å². The Kier molecular flexibility index (Phi) is 7.49. The Balaban J connectivity index is 2.18. The molecule has 10 atom stereocenters. The lowest BCUT2D eigenvalue weighted by molar-refractivity contribution is -0.200. The van der Waals surface area contributed by atoms with Gasteiger partial charge in [0.25, 0.3) is 0 Å². The van der Waals surface area contributed by atoms with E-state index in [1.165, 1.54) is 13.8 Å². The van der Waals surface area contributed by atoms with Crippen LogP contribution < -0.4 is 0 Å². The van der Waals surface area contributed by atoms with E-state index in [0.717, 1.165) is 0 Å². The highest BCUT2D eigenvalue weighted by molar-refractivity contribution is 6.18. The first-order valence-corrected chi connectivity index (χ1v) is 12.4. The van der Waals surface area contributed by atoms with Gasteiger partial charge in [0.2, 0.25) is 0 Å². The Morgan fingerprint density at radius 1 is 1.18 bits per heavy atom. The zero-order valence-electron chi connectivity index (χ0n) is 20.4. The van der Waals surface area contributed by atoms with Gasteiger partial charge < -0.3 is 29.5 Å². The molecule has 9 heteroatoms. The molecule has 2 heterocycles. The van der Waals surface area contributed by atoms with E-state index in [0.29, 0.717) is 6.42 Å². The van der Waals surface area contributed by atoms with Crippen LogP contribution in [0.1, 0.15) is 67.2 Å². The van der Waals surface area contributed by atoms with Crippen molar-refractivity contribution in [2.75, 3.05) is 5.88 Å². The Hall–Kier alpha value is -0.930. The molecule has 1 saturated carbocycles. The Labute approximate surface area is 200 Å². The topological polar surface area (TPSA) is 123 Å². The number of carbonyl (C=O) groups is 2. The van der Waals surface area contributed by atoms with Crippen molar-refractivity contribution in [1.82, 2.24) is 0 Å². The van der Waals surface area contributed by atoms with E-state index in [9.17, 15) is 24.9 Å². The molecule has 3 fully saturated rings. The number of aliphatic hydroxyl groups excluding tert-OH is 1. The summed E-state index contributed by atoms with van der Waals surface area (Å²) in [5.74, 6) is -1.91. The van der Waals surface area contributed by atoms with Gasteiger partial charge in [-0.2, -0.15) is 0 Å². The summed E-state index contributed by atoms with van der Waals surface area (Å²) >= 11 is 6.36. The molecule has 1 aliphatic carbocycles. The Morgan fingerprint density at radius 3 is 2.33 bits per heavy atom. The number of ether oxygens (including phenoxy) is 3. The lowest BCUT2D eigenvalue weighted by atomic mass is 9.56. The van der Waals surface area contributed by atoms with E-state index in [-0.39, 0.29) is 42.9 Å². The van der Waals surface area contributed by atoms with Gasteiger partial charge in [-0.25, -0.2) is 0 Å². The summed E-state index contributed by atoms with van der Waals surface area (Å²) < 4.78 is 18.0. The van der Waals surface area contributed by atoms with Crippen LogP contribution in [0.4, 0.5) is 0 Å². The van der Waals surface area contributed by atoms with Crippen molar-refractivity contribution in [2.24, 2.45) is 23.7 Å². The molecule has 0 radical (unpaired) electrons. The van der Waals surface area contributed by atoms with Crippen LogP contribution in [-0.4, -0.2) is 74.4 Å². The summed E-state index contributed by atoms with van der Waals surface area (Å²) in [6.07, 6.45) is -2.25. The molecule has 33 heavy (non-hydrogen) atoms. The first-order valence-electron chi connectivity index (χ1n) is 11.9. The monoisotopic (exact) mass is 490 g/mol. The molecule has 0 aromatic rings. The predicted molar refractivity (Wildman–Crippen MR) is 120 cm³/mol. The van der Waals surface area contributed by atoms with Crippen LogP contribution >= 0.6 is 11.6 Å². The van der Waals surface area contributed by atoms with Gasteiger partial charge in [0.05, 0.1) is 23.7 Å². The fourth-order valence-corrected chi connectivity index (χ4v) is 6.94. The van der Waals surface area contributed by atoms with Gasteiger partial charge in [-0.15, -0.1) is 11.6 Å². The number of esters is 2. The van der Waals surface area contributed by atoms with Crippen molar-refractivity contribution in [2.45, 2.75) is 108 Å². The van der Waals surface area contributed by atoms with Crippen LogP contribution in [0.3, 0.4) is 0 Å². The summed E-state index contributed by atoms with van der Waals surface area (Å²) in [7, 11) is 0. The molecule has 8 nitrogen and oxygen atoms in total. The summed E-state index contributed by atoms with van der Waals surface area (Å²) in [5.41, 5.74) is -4.19. The molecule has 0 aromatic carbocycles. The van der Waals surface area contributed by atoms with Gasteiger partial charge in [0.15, 0.2) is 0 Å². The smallest absolute Gasteiger partial charge is 0.303 e. The van der Waals surface area contributed by atoms with Gasteiger partial charge in [-0.05, 0) is 44.9 Å². The van der Waals surface area contributed by atoms with Crippen molar-refractivity contribution in [3.8, 4) is 0 Å². The molecule has 0 spiro atoms. The third kappa shape index (κ3) is 4.79. The maximum atomic E-state index is 12.1. The third-order valence-electron chi connectivity index (χ3n) is 8.21.